The number of likely N-dealkylation sites (tertiary alicyclic amines) is 1. The predicted molar refractivity (Wildman–Crippen MR) is 127 cm³/mol. The maximum Gasteiger partial charge on any atom is 0.254 e. The zero-order valence-electron chi connectivity index (χ0n) is 17.3. The Hall–Kier alpha value is -2.69. The van der Waals surface area contributed by atoms with Gasteiger partial charge < -0.3 is 15.5 Å². The van der Waals surface area contributed by atoms with Crippen LogP contribution in [0.25, 0.3) is 5.65 Å². The number of rotatable bonds is 5. The topological polar surface area (TPSA) is 91.6 Å². The first-order valence-corrected chi connectivity index (χ1v) is 11.3. The fourth-order valence-corrected chi connectivity index (χ4v) is 4.41. The van der Waals surface area contributed by atoms with Crippen LogP contribution < -0.4 is 10.6 Å². The van der Waals surface area contributed by atoms with E-state index in [0.29, 0.717) is 43.9 Å². The first-order valence-electron chi connectivity index (χ1n) is 10.2. The van der Waals surface area contributed by atoms with Crippen molar-refractivity contribution in [3.8, 4) is 0 Å². The number of fused-ring (bicyclic) bond motifs is 1. The summed E-state index contributed by atoms with van der Waals surface area (Å²) in [6, 6.07) is 5.67. The minimum absolute atomic E-state index is 0.00287. The van der Waals surface area contributed by atoms with Crippen molar-refractivity contribution in [3.05, 3.63) is 58.5 Å². The van der Waals surface area contributed by atoms with E-state index < -0.39 is 0 Å². The van der Waals surface area contributed by atoms with E-state index in [1.54, 1.807) is 12.4 Å². The summed E-state index contributed by atoms with van der Waals surface area (Å²) in [4.78, 5) is 35.7. The van der Waals surface area contributed by atoms with Crippen molar-refractivity contribution in [1.82, 2.24) is 24.6 Å². The summed E-state index contributed by atoms with van der Waals surface area (Å²) < 4.78 is 2.96. The quantitative estimate of drug-likeness (QED) is 0.494. The summed E-state index contributed by atoms with van der Waals surface area (Å²) in [6.07, 6.45) is 6.74. The van der Waals surface area contributed by atoms with Gasteiger partial charge in [0, 0.05) is 49.2 Å². The first kappa shape index (κ1) is 21.5. The average Bonchev–Trinajstić information content (AvgIpc) is 3.16. The minimum Gasteiger partial charge on any atom is -0.356 e. The van der Waals surface area contributed by atoms with E-state index in [4.69, 9.17) is 0 Å². The summed E-state index contributed by atoms with van der Waals surface area (Å²) in [5.74, 6) is 0.651. The van der Waals surface area contributed by atoms with Crippen LogP contribution in [0.3, 0.4) is 0 Å². The van der Waals surface area contributed by atoms with Crippen LogP contribution >= 0.6 is 22.6 Å². The zero-order valence-corrected chi connectivity index (χ0v) is 19.4. The molecule has 1 aliphatic heterocycles. The van der Waals surface area contributed by atoms with Crippen molar-refractivity contribution in [2.45, 2.75) is 19.8 Å². The monoisotopic (exact) mass is 531 g/mol. The lowest BCUT2D eigenvalue weighted by atomic mass is 9.95. The van der Waals surface area contributed by atoms with Crippen LogP contribution in [0.1, 0.15) is 28.8 Å². The number of benzene rings is 1. The van der Waals surface area contributed by atoms with Crippen LogP contribution in [0, 0.1) is 23.5 Å². The molecule has 1 fully saturated rings. The van der Waals surface area contributed by atoms with Crippen LogP contribution in [0.5, 0.6) is 0 Å². The van der Waals surface area contributed by atoms with Crippen molar-refractivity contribution < 1.29 is 9.59 Å². The molecule has 0 spiro atoms. The van der Waals surface area contributed by atoms with Crippen molar-refractivity contribution >= 4 is 51.6 Å². The van der Waals surface area contributed by atoms with Crippen LogP contribution in [-0.2, 0) is 4.79 Å². The Balaban J connectivity index is 1.45. The third-order valence-electron chi connectivity index (χ3n) is 5.55. The summed E-state index contributed by atoms with van der Waals surface area (Å²) in [5.41, 5.74) is 3.15. The molecule has 9 heteroatoms. The lowest BCUT2D eigenvalue weighted by Crippen LogP contribution is -2.43. The van der Waals surface area contributed by atoms with Gasteiger partial charge in [0.2, 0.25) is 5.91 Å². The molecular weight excluding hydrogens is 507 g/mol. The number of anilines is 2. The molecule has 4 rings (SSSR count). The Kier molecular flexibility index (Phi) is 6.40. The number of halogens is 1. The molecule has 31 heavy (non-hydrogen) atoms. The van der Waals surface area contributed by atoms with Gasteiger partial charge >= 0.3 is 0 Å². The molecule has 8 nitrogen and oxygen atoms in total. The highest BCUT2D eigenvalue weighted by Crippen LogP contribution is 2.25. The van der Waals surface area contributed by atoms with Crippen LogP contribution in [0.2, 0.25) is 0 Å². The maximum absolute atomic E-state index is 13.0. The molecule has 1 radical (unpaired) electrons. The molecule has 3 heterocycles. The summed E-state index contributed by atoms with van der Waals surface area (Å²) in [6.45, 7) is 7.13. The highest BCUT2D eigenvalue weighted by molar-refractivity contribution is 14.1. The fraction of sp³-hybridized carbons (Fsp3) is 0.318. The van der Waals surface area contributed by atoms with Crippen molar-refractivity contribution in [2.24, 2.45) is 5.92 Å². The fourth-order valence-electron chi connectivity index (χ4n) is 3.88. The van der Waals surface area contributed by atoms with Crippen molar-refractivity contribution in [3.63, 3.8) is 0 Å². The van der Waals surface area contributed by atoms with E-state index >= 15 is 0 Å². The molecule has 0 aliphatic carbocycles. The minimum atomic E-state index is -0.0422. The van der Waals surface area contributed by atoms with E-state index in [1.165, 1.54) is 0 Å². The summed E-state index contributed by atoms with van der Waals surface area (Å²) in [7, 11) is 0. The normalized spacial score (nSPS) is 14.6. The second-order valence-corrected chi connectivity index (χ2v) is 8.67. The molecule has 1 aliphatic rings. The predicted octanol–water partition coefficient (Wildman–Crippen LogP) is 3.19. The Morgan fingerprint density at radius 3 is 2.74 bits per heavy atom. The van der Waals surface area contributed by atoms with Crippen LogP contribution in [0.4, 0.5) is 11.5 Å². The lowest BCUT2D eigenvalue weighted by Gasteiger charge is -2.31. The number of nitrogens with zero attached hydrogens (tertiary/aromatic N) is 4. The number of hydrogen-bond donors (Lipinski definition) is 2. The number of aromatic nitrogens is 3. The SMILES string of the molecule is [CH2]CNC(=O)C1CCN(C(=O)c2ccc(Nc3nccn4c(I)cnc34)cc2C)CC1. The summed E-state index contributed by atoms with van der Waals surface area (Å²) >= 11 is 2.23. The molecule has 2 N–H and O–H groups in total. The number of amides is 2. The van der Waals surface area contributed by atoms with Gasteiger partial charge in [-0.15, -0.1) is 0 Å². The van der Waals surface area contributed by atoms with Gasteiger partial charge in [-0.1, -0.05) is 0 Å². The smallest absolute Gasteiger partial charge is 0.254 e. The number of aryl methyl sites for hydroxylation is 1. The molecule has 1 saturated heterocycles. The largest absolute Gasteiger partial charge is 0.356 e. The zero-order chi connectivity index (χ0) is 22.0. The third kappa shape index (κ3) is 4.51. The molecule has 1 aromatic carbocycles. The van der Waals surface area contributed by atoms with E-state index in [-0.39, 0.29) is 17.7 Å². The molecule has 0 unspecified atom stereocenters. The second-order valence-electron chi connectivity index (χ2n) is 7.56. The lowest BCUT2D eigenvalue weighted by molar-refractivity contribution is -0.126. The highest BCUT2D eigenvalue weighted by atomic mass is 127. The highest BCUT2D eigenvalue weighted by Gasteiger charge is 2.28. The number of carbonyl (C=O) groups excluding carboxylic acids is 2. The molecule has 0 atom stereocenters. The third-order valence-corrected chi connectivity index (χ3v) is 6.35. The van der Waals surface area contributed by atoms with Crippen LogP contribution in [-0.4, -0.2) is 50.7 Å². The standard InChI is InChI=1S/C22H24IN6O2/c1-3-24-21(30)15-6-9-28(10-7-15)22(31)17-5-4-16(12-14(17)2)27-19-20-26-13-18(23)29(20)11-8-25-19/h4-5,8,11-13,15H,1,3,6-7,9-10H2,2H3,(H,24,30)(H,25,27). The molecule has 0 saturated carbocycles. The molecule has 161 valence electrons. The Morgan fingerprint density at radius 2 is 2.03 bits per heavy atom. The molecular formula is C22H24IN6O2. The second kappa shape index (κ2) is 9.21. The number of imidazole rings is 1. The van der Waals surface area contributed by atoms with Gasteiger partial charge in [0.25, 0.3) is 5.91 Å². The molecule has 2 amide bonds. The van der Waals surface area contributed by atoms with Gasteiger partial charge in [0.15, 0.2) is 11.5 Å². The van der Waals surface area contributed by atoms with Crippen molar-refractivity contribution in [1.29, 1.82) is 0 Å². The van der Waals surface area contributed by atoms with E-state index in [2.05, 4.69) is 50.1 Å². The Bertz CT molecular complexity index is 1120. The van der Waals surface area contributed by atoms with Gasteiger partial charge in [-0.3, -0.25) is 14.0 Å². The summed E-state index contributed by atoms with van der Waals surface area (Å²) in [5, 5.41) is 6.07. The number of carbonyl (C=O) groups is 2. The molecule has 0 bridgehead atoms. The van der Waals surface area contributed by atoms with Gasteiger partial charge in [0.05, 0.1) is 6.20 Å². The van der Waals surface area contributed by atoms with Crippen LogP contribution in [0.15, 0.2) is 36.8 Å². The molecule has 2 aromatic heterocycles. The average molecular weight is 531 g/mol. The van der Waals surface area contributed by atoms with Crippen molar-refractivity contribution in [2.75, 3.05) is 25.0 Å². The maximum atomic E-state index is 13.0. The van der Waals surface area contributed by atoms with E-state index in [0.717, 1.165) is 20.6 Å². The van der Waals surface area contributed by atoms with Gasteiger partial charge in [0.1, 0.15) is 3.70 Å². The van der Waals surface area contributed by atoms with Gasteiger partial charge in [-0.05, 0) is 73.0 Å². The Morgan fingerprint density at radius 1 is 1.26 bits per heavy atom. The van der Waals surface area contributed by atoms with Gasteiger partial charge in [-0.2, -0.15) is 0 Å². The molecule has 3 aromatic rings. The number of piperidine rings is 1. The van der Waals surface area contributed by atoms with E-state index in [1.807, 2.05) is 40.6 Å². The van der Waals surface area contributed by atoms with E-state index in [9.17, 15) is 9.59 Å². The Labute approximate surface area is 194 Å². The first-order chi connectivity index (χ1) is 15.0. The number of hydrogen-bond acceptors (Lipinski definition) is 5. The number of nitrogens with one attached hydrogen (secondary N) is 2. The van der Waals surface area contributed by atoms with Gasteiger partial charge in [-0.25, -0.2) is 9.97 Å².